The first kappa shape index (κ1) is 15.9. The van der Waals surface area contributed by atoms with E-state index in [4.69, 9.17) is 10.5 Å². The number of para-hydroxylation sites is 1. The van der Waals surface area contributed by atoms with Gasteiger partial charge in [-0.25, -0.2) is 0 Å². The molecule has 5 heteroatoms. The van der Waals surface area contributed by atoms with E-state index in [1.54, 1.807) is 19.2 Å². The van der Waals surface area contributed by atoms with Crippen molar-refractivity contribution < 1.29 is 9.53 Å². The molecule has 0 saturated carbocycles. The molecule has 4 N–H and O–H groups in total. The molecule has 0 saturated heterocycles. The molecule has 2 aromatic rings. The van der Waals surface area contributed by atoms with Gasteiger partial charge in [-0.3, -0.25) is 4.79 Å². The number of carbonyl (C=O) groups is 1. The SMILES string of the molecule is COCCNC(=O)c1cc(N)ccc1Nc1ccccc1C. The van der Waals surface area contributed by atoms with E-state index in [0.717, 1.165) is 16.9 Å². The lowest BCUT2D eigenvalue weighted by molar-refractivity contribution is 0.0938. The zero-order valence-electron chi connectivity index (χ0n) is 12.8. The Balaban J connectivity index is 2.24. The summed E-state index contributed by atoms with van der Waals surface area (Å²) in [5, 5.41) is 6.10. The van der Waals surface area contributed by atoms with Crippen molar-refractivity contribution in [2.75, 3.05) is 31.3 Å². The normalized spacial score (nSPS) is 10.3. The Morgan fingerprint density at radius 2 is 1.95 bits per heavy atom. The first-order valence-corrected chi connectivity index (χ1v) is 7.11. The van der Waals surface area contributed by atoms with Crippen LogP contribution in [0.25, 0.3) is 0 Å². The molecule has 0 spiro atoms. The molecule has 2 aromatic carbocycles. The monoisotopic (exact) mass is 299 g/mol. The molecular formula is C17H21N3O2. The van der Waals surface area contributed by atoms with Crippen molar-refractivity contribution in [3.05, 3.63) is 53.6 Å². The molecule has 0 bridgehead atoms. The second-order valence-electron chi connectivity index (χ2n) is 4.99. The molecule has 0 aliphatic heterocycles. The van der Waals surface area contributed by atoms with E-state index >= 15 is 0 Å². The lowest BCUT2D eigenvalue weighted by atomic mass is 10.1. The van der Waals surface area contributed by atoms with Crippen molar-refractivity contribution in [1.29, 1.82) is 0 Å². The summed E-state index contributed by atoms with van der Waals surface area (Å²) in [6.07, 6.45) is 0. The van der Waals surface area contributed by atoms with Crippen LogP contribution in [0, 0.1) is 6.92 Å². The number of rotatable bonds is 6. The van der Waals surface area contributed by atoms with E-state index in [0.29, 0.717) is 24.4 Å². The second kappa shape index (κ2) is 7.47. The molecule has 0 aromatic heterocycles. The maximum atomic E-state index is 12.3. The van der Waals surface area contributed by atoms with Crippen LogP contribution < -0.4 is 16.4 Å². The third-order valence-corrected chi connectivity index (χ3v) is 3.29. The number of nitrogen functional groups attached to an aromatic ring is 1. The summed E-state index contributed by atoms with van der Waals surface area (Å²) in [5.74, 6) is -0.180. The molecule has 0 radical (unpaired) electrons. The van der Waals surface area contributed by atoms with Crippen molar-refractivity contribution in [3.8, 4) is 0 Å². The minimum Gasteiger partial charge on any atom is -0.399 e. The molecule has 5 nitrogen and oxygen atoms in total. The number of ether oxygens (including phenoxy) is 1. The third-order valence-electron chi connectivity index (χ3n) is 3.29. The summed E-state index contributed by atoms with van der Waals surface area (Å²) in [5.41, 5.74) is 9.65. The van der Waals surface area contributed by atoms with Crippen molar-refractivity contribution in [3.63, 3.8) is 0 Å². The average molecular weight is 299 g/mol. The minimum absolute atomic E-state index is 0.180. The number of anilines is 3. The van der Waals surface area contributed by atoms with Crippen LogP contribution in [0.5, 0.6) is 0 Å². The Hall–Kier alpha value is -2.53. The van der Waals surface area contributed by atoms with Crippen LogP contribution in [0.1, 0.15) is 15.9 Å². The van der Waals surface area contributed by atoms with Gasteiger partial charge in [-0.1, -0.05) is 18.2 Å². The smallest absolute Gasteiger partial charge is 0.253 e. The molecule has 0 atom stereocenters. The summed E-state index contributed by atoms with van der Waals surface area (Å²) in [6.45, 7) is 2.93. The fourth-order valence-electron chi connectivity index (χ4n) is 2.08. The average Bonchev–Trinajstić information content (AvgIpc) is 2.51. The summed E-state index contributed by atoms with van der Waals surface area (Å²) >= 11 is 0. The molecule has 22 heavy (non-hydrogen) atoms. The molecule has 0 aliphatic carbocycles. The Labute approximate surface area is 130 Å². The van der Waals surface area contributed by atoms with Gasteiger partial charge in [-0.15, -0.1) is 0 Å². The van der Waals surface area contributed by atoms with E-state index in [1.165, 1.54) is 0 Å². The summed E-state index contributed by atoms with van der Waals surface area (Å²) in [4.78, 5) is 12.3. The lowest BCUT2D eigenvalue weighted by Gasteiger charge is -2.14. The lowest BCUT2D eigenvalue weighted by Crippen LogP contribution is -2.27. The van der Waals surface area contributed by atoms with E-state index < -0.39 is 0 Å². The van der Waals surface area contributed by atoms with E-state index in [9.17, 15) is 4.79 Å². The number of carbonyl (C=O) groups excluding carboxylic acids is 1. The van der Waals surface area contributed by atoms with Crippen LogP contribution in [-0.4, -0.2) is 26.2 Å². The summed E-state index contributed by atoms with van der Waals surface area (Å²) in [7, 11) is 1.60. The number of hydrogen-bond acceptors (Lipinski definition) is 4. The van der Waals surface area contributed by atoms with Crippen molar-refractivity contribution >= 4 is 23.0 Å². The van der Waals surface area contributed by atoms with Gasteiger partial charge in [0.05, 0.1) is 17.9 Å². The van der Waals surface area contributed by atoms with Crippen LogP contribution in [0.15, 0.2) is 42.5 Å². The molecule has 2 rings (SSSR count). The first-order valence-electron chi connectivity index (χ1n) is 7.11. The number of amides is 1. The van der Waals surface area contributed by atoms with E-state index in [1.807, 2.05) is 37.3 Å². The molecule has 0 fully saturated rings. The van der Waals surface area contributed by atoms with Crippen LogP contribution >= 0.6 is 0 Å². The van der Waals surface area contributed by atoms with Gasteiger partial charge in [-0.2, -0.15) is 0 Å². The standard InChI is InChI=1S/C17H21N3O2/c1-12-5-3-4-6-15(12)20-16-8-7-13(18)11-14(16)17(21)19-9-10-22-2/h3-8,11,20H,9-10,18H2,1-2H3,(H,19,21). The number of nitrogens with one attached hydrogen (secondary N) is 2. The Morgan fingerprint density at radius 3 is 2.68 bits per heavy atom. The highest BCUT2D eigenvalue weighted by Crippen LogP contribution is 2.25. The fraction of sp³-hybridized carbons (Fsp3) is 0.235. The summed E-state index contributed by atoms with van der Waals surface area (Å²) in [6, 6.07) is 13.2. The topological polar surface area (TPSA) is 76.4 Å². The van der Waals surface area contributed by atoms with Gasteiger partial charge in [0.15, 0.2) is 0 Å². The third kappa shape index (κ3) is 3.99. The fourth-order valence-corrected chi connectivity index (χ4v) is 2.08. The van der Waals surface area contributed by atoms with Crippen molar-refractivity contribution in [2.45, 2.75) is 6.92 Å². The number of nitrogens with two attached hydrogens (primary N) is 1. The van der Waals surface area contributed by atoms with Gasteiger partial charge in [0.25, 0.3) is 5.91 Å². The summed E-state index contributed by atoms with van der Waals surface area (Å²) < 4.78 is 4.94. The van der Waals surface area contributed by atoms with Gasteiger partial charge in [0, 0.05) is 25.0 Å². The molecular weight excluding hydrogens is 278 g/mol. The maximum Gasteiger partial charge on any atom is 0.253 e. The predicted octanol–water partition coefficient (Wildman–Crippen LogP) is 2.70. The molecule has 116 valence electrons. The molecule has 0 aliphatic rings. The second-order valence-corrected chi connectivity index (χ2v) is 4.99. The van der Waals surface area contributed by atoms with E-state index in [2.05, 4.69) is 10.6 Å². The van der Waals surface area contributed by atoms with E-state index in [-0.39, 0.29) is 5.91 Å². The maximum absolute atomic E-state index is 12.3. The van der Waals surface area contributed by atoms with Gasteiger partial charge < -0.3 is 21.1 Å². The highest BCUT2D eigenvalue weighted by atomic mass is 16.5. The first-order chi connectivity index (χ1) is 10.6. The van der Waals surface area contributed by atoms with Crippen LogP contribution in [0.2, 0.25) is 0 Å². The quantitative estimate of drug-likeness (QED) is 0.566. The zero-order valence-corrected chi connectivity index (χ0v) is 12.8. The molecule has 0 heterocycles. The van der Waals surface area contributed by atoms with Crippen LogP contribution in [0.3, 0.4) is 0 Å². The van der Waals surface area contributed by atoms with Gasteiger partial charge in [0.1, 0.15) is 0 Å². The van der Waals surface area contributed by atoms with Gasteiger partial charge in [-0.05, 0) is 36.8 Å². The highest BCUT2D eigenvalue weighted by Gasteiger charge is 2.12. The Kier molecular flexibility index (Phi) is 5.38. The van der Waals surface area contributed by atoms with Crippen LogP contribution in [-0.2, 0) is 4.74 Å². The van der Waals surface area contributed by atoms with Crippen molar-refractivity contribution in [2.24, 2.45) is 0 Å². The van der Waals surface area contributed by atoms with Crippen LogP contribution in [0.4, 0.5) is 17.1 Å². The largest absolute Gasteiger partial charge is 0.399 e. The number of aryl methyl sites for hydroxylation is 1. The number of methoxy groups -OCH3 is 1. The number of hydrogen-bond donors (Lipinski definition) is 3. The highest BCUT2D eigenvalue weighted by molar-refractivity contribution is 6.01. The van der Waals surface area contributed by atoms with Gasteiger partial charge in [0.2, 0.25) is 0 Å². The zero-order chi connectivity index (χ0) is 15.9. The Morgan fingerprint density at radius 1 is 1.18 bits per heavy atom. The molecule has 1 amide bonds. The van der Waals surface area contributed by atoms with Gasteiger partial charge >= 0.3 is 0 Å². The van der Waals surface area contributed by atoms with Crippen molar-refractivity contribution in [1.82, 2.24) is 5.32 Å². The minimum atomic E-state index is -0.180. The number of benzene rings is 2. The Bertz CT molecular complexity index is 656. The molecule has 0 unspecified atom stereocenters. The predicted molar refractivity (Wildman–Crippen MR) is 89.5 cm³/mol.